The molecule has 5 rings (SSSR count). The summed E-state index contributed by atoms with van der Waals surface area (Å²) in [6.07, 6.45) is 1.86. The van der Waals surface area contributed by atoms with Crippen molar-refractivity contribution in [2.24, 2.45) is 0 Å². The predicted octanol–water partition coefficient (Wildman–Crippen LogP) is 6.49. The molecule has 5 aromatic rings. The van der Waals surface area contributed by atoms with E-state index in [1.54, 1.807) is 11.8 Å². The predicted molar refractivity (Wildman–Crippen MR) is 159 cm³/mol. The lowest BCUT2D eigenvalue weighted by atomic mass is 9.87. The Balaban J connectivity index is 1.55. The molecule has 3 heterocycles. The van der Waals surface area contributed by atoms with Crippen LogP contribution in [0.3, 0.4) is 0 Å². The van der Waals surface area contributed by atoms with Gasteiger partial charge in [0.25, 0.3) is 0 Å². The molecule has 2 aromatic carbocycles. The molecule has 0 unspecified atom stereocenters. The molecule has 3 aromatic heterocycles. The fourth-order valence-corrected chi connectivity index (χ4v) is 4.87. The van der Waals surface area contributed by atoms with E-state index < -0.39 is 0 Å². The number of nitrogens with zero attached hydrogens (tertiary/aromatic N) is 6. The van der Waals surface area contributed by atoms with Gasteiger partial charge < -0.3 is 10.5 Å². The van der Waals surface area contributed by atoms with Crippen LogP contribution in [0.15, 0.2) is 72.9 Å². The Morgan fingerprint density at radius 3 is 2.33 bits per heavy atom. The van der Waals surface area contributed by atoms with Crippen molar-refractivity contribution in [3.8, 4) is 33.8 Å². The lowest BCUT2D eigenvalue weighted by molar-refractivity contribution is 0.181. The van der Waals surface area contributed by atoms with E-state index in [0.29, 0.717) is 30.5 Å². The number of anilines is 1. The van der Waals surface area contributed by atoms with E-state index in [4.69, 9.17) is 15.5 Å². The van der Waals surface area contributed by atoms with Gasteiger partial charge in [-0.05, 0) is 52.3 Å². The summed E-state index contributed by atoms with van der Waals surface area (Å²) in [5.74, 6) is 0.903. The zero-order chi connectivity index (χ0) is 28.2. The van der Waals surface area contributed by atoms with E-state index in [1.807, 2.05) is 30.5 Å². The average Bonchev–Trinajstić information content (AvgIpc) is 3.41. The molecule has 2 N–H and O–H groups in total. The summed E-state index contributed by atoms with van der Waals surface area (Å²) in [5.41, 5.74) is 15.8. The van der Waals surface area contributed by atoms with Crippen molar-refractivity contribution in [2.75, 3.05) is 12.8 Å². The van der Waals surface area contributed by atoms with Crippen LogP contribution in [-0.2, 0) is 17.9 Å². The third-order valence-electron chi connectivity index (χ3n) is 6.86. The molecule has 0 aliphatic heterocycles. The van der Waals surface area contributed by atoms with Crippen molar-refractivity contribution in [3.05, 3.63) is 95.4 Å². The van der Waals surface area contributed by atoms with Gasteiger partial charge in [-0.15, -0.1) is 5.10 Å². The smallest absolute Gasteiger partial charge is 0.221 e. The molecule has 8 nitrogen and oxygen atoms in total. The van der Waals surface area contributed by atoms with E-state index in [9.17, 15) is 0 Å². The number of aromatic nitrogens is 6. The van der Waals surface area contributed by atoms with Crippen LogP contribution in [0.2, 0.25) is 0 Å². The molecule has 40 heavy (non-hydrogen) atoms. The molecule has 0 aliphatic rings. The third kappa shape index (κ3) is 5.92. The number of methoxy groups -OCH3 is 1. The summed E-state index contributed by atoms with van der Waals surface area (Å²) in [4.78, 5) is 13.9. The van der Waals surface area contributed by atoms with Gasteiger partial charge in [-0.25, -0.2) is 14.6 Å². The Kier molecular flexibility index (Phi) is 7.98. The summed E-state index contributed by atoms with van der Waals surface area (Å²) >= 11 is 0. The van der Waals surface area contributed by atoms with E-state index in [2.05, 4.69) is 90.4 Å². The molecule has 0 saturated carbocycles. The molecule has 8 heteroatoms. The highest BCUT2D eigenvalue weighted by atomic mass is 16.5. The molecule has 0 bridgehead atoms. The van der Waals surface area contributed by atoms with Crippen LogP contribution < -0.4 is 5.73 Å². The monoisotopic (exact) mass is 533 g/mol. The summed E-state index contributed by atoms with van der Waals surface area (Å²) < 4.78 is 6.95. The zero-order valence-corrected chi connectivity index (χ0v) is 23.7. The molecular weight excluding hydrogens is 498 g/mol. The quantitative estimate of drug-likeness (QED) is 0.231. The van der Waals surface area contributed by atoms with Gasteiger partial charge >= 0.3 is 0 Å². The fourth-order valence-electron chi connectivity index (χ4n) is 4.87. The first-order valence-electron chi connectivity index (χ1n) is 13.5. The second-order valence-electron chi connectivity index (χ2n) is 10.6. The van der Waals surface area contributed by atoms with Crippen molar-refractivity contribution in [2.45, 2.75) is 52.7 Å². The average molecular weight is 534 g/mol. The lowest BCUT2D eigenvalue weighted by Crippen LogP contribution is -2.04. The topological polar surface area (TPSA) is 105 Å². The Morgan fingerprint density at radius 1 is 0.800 bits per heavy atom. The van der Waals surface area contributed by atoms with Crippen LogP contribution in [0.5, 0.6) is 0 Å². The largest absolute Gasteiger partial charge is 0.378 e. The number of ether oxygens (including phenoxy) is 1. The number of pyridine rings is 1. The summed E-state index contributed by atoms with van der Waals surface area (Å²) in [7, 11) is 1.66. The standard InChI is InChI=1S/C32H35N7O/c1-20(2)22-9-6-10-23(15-22)27-14-8-13-26(21(3)4)31(27)29-16-28(35-32(33)36-29)30-18-39(38-37-30)17-24-11-7-12-25(34-24)19-40-5/h6-16,18,20-21H,17,19H2,1-5H3,(H2,33,35,36). The molecule has 0 saturated heterocycles. The highest BCUT2D eigenvalue weighted by molar-refractivity contribution is 5.86. The van der Waals surface area contributed by atoms with E-state index in [1.165, 1.54) is 11.1 Å². The van der Waals surface area contributed by atoms with Gasteiger partial charge in [-0.3, -0.25) is 4.98 Å². The highest BCUT2D eigenvalue weighted by Gasteiger charge is 2.19. The normalized spacial score (nSPS) is 11.5. The number of nitrogen functional groups attached to an aromatic ring is 1. The Morgan fingerprint density at radius 2 is 1.55 bits per heavy atom. The van der Waals surface area contributed by atoms with Crippen LogP contribution in [-0.4, -0.2) is 37.1 Å². The summed E-state index contributed by atoms with van der Waals surface area (Å²) in [6, 6.07) is 23.0. The van der Waals surface area contributed by atoms with E-state index >= 15 is 0 Å². The van der Waals surface area contributed by atoms with E-state index in [-0.39, 0.29) is 11.9 Å². The maximum absolute atomic E-state index is 6.29. The lowest BCUT2D eigenvalue weighted by Gasteiger charge is -2.19. The van der Waals surface area contributed by atoms with Crippen molar-refractivity contribution >= 4 is 5.95 Å². The molecule has 0 radical (unpaired) electrons. The maximum atomic E-state index is 6.29. The number of rotatable bonds is 9. The minimum absolute atomic E-state index is 0.191. The first-order valence-corrected chi connectivity index (χ1v) is 13.5. The molecule has 0 amide bonds. The van der Waals surface area contributed by atoms with Crippen molar-refractivity contribution in [1.82, 2.24) is 29.9 Å². The van der Waals surface area contributed by atoms with E-state index in [0.717, 1.165) is 33.8 Å². The summed E-state index contributed by atoms with van der Waals surface area (Å²) in [5, 5.41) is 8.73. The van der Waals surface area contributed by atoms with Crippen LogP contribution in [0.25, 0.3) is 33.8 Å². The minimum atomic E-state index is 0.191. The minimum Gasteiger partial charge on any atom is -0.378 e. The molecular formula is C32H35N7O. The number of hydrogen-bond donors (Lipinski definition) is 1. The number of benzene rings is 2. The Labute approximate surface area is 235 Å². The van der Waals surface area contributed by atoms with Crippen molar-refractivity contribution in [1.29, 1.82) is 0 Å². The molecule has 0 fully saturated rings. The van der Waals surface area contributed by atoms with Crippen molar-refractivity contribution < 1.29 is 4.74 Å². The zero-order valence-electron chi connectivity index (χ0n) is 23.7. The SMILES string of the molecule is COCc1cccc(Cn2cc(-c3cc(-c4c(-c5cccc(C(C)C)c5)cccc4C(C)C)nc(N)n3)nn2)n1. The van der Waals surface area contributed by atoms with Crippen LogP contribution >= 0.6 is 0 Å². The molecule has 0 aliphatic carbocycles. The van der Waals surface area contributed by atoms with Gasteiger partial charge in [0, 0.05) is 12.7 Å². The molecule has 204 valence electrons. The first kappa shape index (κ1) is 27.1. The second-order valence-corrected chi connectivity index (χ2v) is 10.6. The van der Waals surface area contributed by atoms with Gasteiger partial charge in [0.05, 0.1) is 42.1 Å². The van der Waals surface area contributed by atoms with Crippen LogP contribution in [0.1, 0.15) is 62.0 Å². The summed E-state index contributed by atoms with van der Waals surface area (Å²) in [6.45, 7) is 9.74. The second kappa shape index (κ2) is 11.8. The van der Waals surface area contributed by atoms with Gasteiger partial charge in [-0.2, -0.15) is 0 Å². The van der Waals surface area contributed by atoms with Gasteiger partial charge in [0.2, 0.25) is 5.95 Å². The Hall–Kier alpha value is -4.43. The number of hydrogen-bond acceptors (Lipinski definition) is 7. The van der Waals surface area contributed by atoms with Crippen LogP contribution in [0.4, 0.5) is 5.95 Å². The first-order chi connectivity index (χ1) is 19.3. The van der Waals surface area contributed by atoms with Gasteiger partial charge in [-0.1, -0.05) is 81.4 Å². The molecule has 0 spiro atoms. The van der Waals surface area contributed by atoms with Crippen molar-refractivity contribution in [3.63, 3.8) is 0 Å². The fraction of sp³-hybridized carbons (Fsp3) is 0.281. The van der Waals surface area contributed by atoms with Crippen LogP contribution in [0, 0.1) is 0 Å². The third-order valence-corrected chi connectivity index (χ3v) is 6.86. The maximum Gasteiger partial charge on any atom is 0.221 e. The number of nitrogens with two attached hydrogens (primary N) is 1. The van der Waals surface area contributed by atoms with Gasteiger partial charge in [0.15, 0.2) is 0 Å². The highest BCUT2D eigenvalue weighted by Crippen LogP contribution is 2.39. The molecule has 0 atom stereocenters. The Bertz CT molecular complexity index is 1620. The van der Waals surface area contributed by atoms with Gasteiger partial charge in [0.1, 0.15) is 5.69 Å².